The van der Waals surface area contributed by atoms with Crippen LogP contribution in [-0.4, -0.2) is 47.8 Å². The Kier molecular flexibility index (Phi) is 6.80. The second-order valence-corrected chi connectivity index (χ2v) is 12.2. The van der Waals surface area contributed by atoms with Crippen molar-refractivity contribution in [2.75, 3.05) is 19.8 Å². The number of carbonyl (C=O) groups is 1. The van der Waals surface area contributed by atoms with Crippen LogP contribution in [0.2, 0.25) is 0 Å². The number of fused-ring (bicyclic) bond motifs is 1. The van der Waals surface area contributed by atoms with E-state index >= 15 is 0 Å². The smallest absolute Gasteiger partial charge is 0.248 e. The van der Waals surface area contributed by atoms with Gasteiger partial charge in [-0.3, -0.25) is 10.1 Å². The molecule has 0 bridgehead atoms. The Balaban J connectivity index is 1.17. The van der Waals surface area contributed by atoms with Crippen LogP contribution in [0.1, 0.15) is 57.4 Å². The average molecular weight is 566 g/mol. The van der Waals surface area contributed by atoms with Crippen molar-refractivity contribution in [3.05, 3.63) is 54.3 Å². The summed E-state index contributed by atoms with van der Waals surface area (Å²) in [7, 11) is 0. The molecule has 1 atom stereocenters. The number of nitrogens with zero attached hydrogens (tertiary/aromatic N) is 1. The number of halogens is 2. The third kappa shape index (κ3) is 5.67. The number of alkyl halides is 2. The largest absolute Gasteiger partial charge is 0.493 e. The second kappa shape index (κ2) is 10.1. The van der Waals surface area contributed by atoms with Crippen LogP contribution in [0.15, 0.2) is 52.9 Å². The Morgan fingerprint density at radius 1 is 1.05 bits per heavy atom. The Bertz CT molecular complexity index is 1480. The lowest BCUT2D eigenvalue weighted by Gasteiger charge is -2.41. The summed E-state index contributed by atoms with van der Waals surface area (Å²) in [6.07, 6.45) is -1.74. The molecule has 216 valence electrons. The van der Waals surface area contributed by atoms with Crippen molar-refractivity contribution in [2.24, 2.45) is 5.41 Å². The summed E-state index contributed by atoms with van der Waals surface area (Å²) in [4.78, 5) is 13.3. The number of carbonyl (C=O) groups excluding carboxylic acids is 1. The minimum absolute atomic E-state index is 0.0572. The maximum atomic E-state index is 14.0. The van der Waals surface area contributed by atoms with Crippen LogP contribution in [0.5, 0.6) is 5.75 Å². The molecule has 8 nitrogen and oxygen atoms in total. The molecule has 2 aromatic carbocycles. The molecule has 1 aliphatic heterocycles. The van der Waals surface area contributed by atoms with E-state index in [0.29, 0.717) is 38.2 Å². The zero-order valence-corrected chi connectivity index (χ0v) is 22.8. The predicted molar refractivity (Wildman–Crippen MR) is 146 cm³/mol. The van der Waals surface area contributed by atoms with Crippen molar-refractivity contribution < 1.29 is 32.6 Å². The van der Waals surface area contributed by atoms with Crippen molar-refractivity contribution in [1.82, 2.24) is 10.6 Å². The van der Waals surface area contributed by atoms with Gasteiger partial charge in [0.2, 0.25) is 11.8 Å². The van der Waals surface area contributed by atoms with Gasteiger partial charge in [0.05, 0.1) is 25.9 Å². The number of amides is 1. The van der Waals surface area contributed by atoms with Gasteiger partial charge in [0.25, 0.3) is 0 Å². The molecule has 2 saturated carbocycles. The van der Waals surface area contributed by atoms with Crippen molar-refractivity contribution in [1.29, 1.82) is 5.26 Å². The highest BCUT2D eigenvalue weighted by Gasteiger charge is 2.53. The highest BCUT2D eigenvalue weighted by atomic mass is 19.3. The summed E-state index contributed by atoms with van der Waals surface area (Å²) in [6.45, 7) is 4.12. The lowest BCUT2D eigenvalue weighted by molar-refractivity contribution is -0.137. The van der Waals surface area contributed by atoms with Gasteiger partial charge in [0, 0.05) is 23.6 Å². The molecule has 1 saturated heterocycles. The van der Waals surface area contributed by atoms with Crippen LogP contribution in [0.25, 0.3) is 22.1 Å². The van der Waals surface area contributed by atoms with E-state index in [1.165, 1.54) is 0 Å². The van der Waals surface area contributed by atoms with E-state index < -0.39 is 42.0 Å². The fourth-order valence-corrected chi connectivity index (χ4v) is 5.44. The minimum Gasteiger partial charge on any atom is -0.493 e. The molecule has 10 heteroatoms. The number of hydrogen-bond acceptors (Lipinski definition) is 7. The first kappa shape index (κ1) is 27.6. The van der Waals surface area contributed by atoms with E-state index in [1.54, 1.807) is 6.07 Å². The van der Waals surface area contributed by atoms with Crippen molar-refractivity contribution in [3.8, 4) is 22.9 Å². The van der Waals surface area contributed by atoms with Crippen molar-refractivity contribution in [3.63, 3.8) is 0 Å². The number of hydrogen-bond donors (Lipinski definition) is 3. The Labute approximate surface area is 236 Å². The number of rotatable bonds is 9. The number of furan rings is 1. The molecule has 3 aromatic rings. The first-order valence-electron chi connectivity index (χ1n) is 13.9. The first-order chi connectivity index (χ1) is 19.5. The van der Waals surface area contributed by atoms with Gasteiger partial charge < -0.3 is 24.3 Å². The number of aliphatic hydroxyl groups excluding tert-OH is 1. The number of benzene rings is 2. The van der Waals surface area contributed by atoms with E-state index in [-0.39, 0.29) is 24.0 Å². The van der Waals surface area contributed by atoms with Crippen LogP contribution >= 0.6 is 0 Å². The summed E-state index contributed by atoms with van der Waals surface area (Å²) >= 11 is 0. The fourth-order valence-electron chi connectivity index (χ4n) is 5.44. The van der Waals surface area contributed by atoms with E-state index in [9.17, 15) is 23.9 Å². The highest BCUT2D eigenvalue weighted by Crippen LogP contribution is 2.42. The highest BCUT2D eigenvalue weighted by molar-refractivity contribution is 5.88. The molecule has 1 unspecified atom stereocenters. The maximum absolute atomic E-state index is 14.0. The molecule has 3 N–H and O–H groups in total. The zero-order valence-electron chi connectivity index (χ0n) is 22.8. The van der Waals surface area contributed by atoms with Gasteiger partial charge in [-0.05, 0) is 61.1 Å². The lowest BCUT2D eigenvalue weighted by atomic mass is 9.78. The molecule has 41 heavy (non-hydrogen) atoms. The summed E-state index contributed by atoms with van der Waals surface area (Å²) in [5.74, 6) is -2.49. The lowest BCUT2D eigenvalue weighted by Crippen LogP contribution is -2.62. The Morgan fingerprint density at radius 2 is 1.73 bits per heavy atom. The number of nitrogens with one attached hydrogen (secondary N) is 2. The molecule has 1 aromatic heterocycles. The first-order valence-corrected chi connectivity index (χ1v) is 13.9. The SMILES string of the molecule is CC1(COc2ccc(-c3ccc4cc(C(O)NC5(C(=O)NC6(C#N)CC6)CCC(F)(F)CC5)oc4c3)cc2)COC1. The summed E-state index contributed by atoms with van der Waals surface area (Å²) in [5.41, 5.74) is 0.0431. The molecule has 0 spiro atoms. The second-order valence-electron chi connectivity index (χ2n) is 12.2. The monoisotopic (exact) mass is 565 g/mol. The van der Waals surface area contributed by atoms with Crippen LogP contribution in [0, 0.1) is 16.7 Å². The predicted octanol–water partition coefficient (Wildman–Crippen LogP) is 5.22. The number of nitriles is 1. The summed E-state index contributed by atoms with van der Waals surface area (Å²) < 4.78 is 45.2. The van der Waals surface area contributed by atoms with Crippen LogP contribution < -0.4 is 15.4 Å². The summed E-state index contributed by atoms with van der Waals surface area (Å²) in [6, 6.07) is 17.2. The van der Waals surface area contributed by atoms with Gasteiger partial charge in [-0.2, -0.15) is 5.26 Å². The van der Waals surface area contributed by atoms with Gasteiger partial charge >= 0.3 is 0 Å². The van der Waals surface area contributed by atoms with E-state index in [0.717, 1.165) is 22.3 Å². The standard InChI is InChI=1S/C31H33F2N3O5/c1-28(17-39-18-28)19-40-23-6-4-20(5-7-23)21-2-3-22-15-25(41-24(22)14-21)26(37)35-30(10-12-31(32,33)13-11-30)27(38)36-29(16-34)8-9-29/h2-7,14-15,26,35,37H,8-13,17-19H2,1H3,(H,36,38). The Morgan fingerprint density at radius 3 is 2.34 bits per heavy atom. The number of ether oxygens (including phenoxy) is 2. The van der Waals surface area contributed by atoms with Crippen LogP contribution in [0.4, 0.5) is 8.78 Å². The van der Waals surface area contributed by atoms with Crippen LogP contribution in [-0.2, 0) is 9.53 Å². The maximum Gasteiger partial charge on any atom is 0.248 e. The van der Waals surface area contributed by atoms with Gasteiger partial charge in [0.15, 0.2) is 6.23 Å². The molecule has 1 amide bonds. The van der Waals surface area contributed by atoms with Gasteiger partial charge in [-0.25, -0.2) is 8.78 Å². The van der Waals surface area contributed by atoms with Gasteiger partial charge in [-0.1, -0.05) is 31.2 Å². The minimum atomic E-state index is -2.88. The molecule has 3 aliphatic rings. The van der Waals surface area contributed by atoms with Gasteiger partial charge in [0.1, 0.15) is 28.2 Å². The normalized spacial score (nSPS) is 22.2. The van der Waals surface area contributed by atoms with Crippen molar-refractivity contribution in [2.45, 2.75) is 68.7 Å². The average Bonchev–Trinajstić information content (AvgIpc) is 3.59. The van der Waals surface area contributed by atoms with Crippen LogP contribution in [0.3, 0.4) is 0 Å². The molecule has 2 aliphatic carbocycles. The zero-order chi connectivity index (χ0) is 28.9. The van der Waals surface area contributed by atoms with E-state index in [1.807, 2.05) is 42.5 Å². The van der Waals surface area contributed by atoms with E-state index in [2.05, 4.69) is 23.6 Å². The van der Waals surface area contributed by atoms with Crippen molar-refractivity contribution >= 4 is 16.9 Å². The molecule has 3 fully saturated rings. The van der Waals surface area contributed by atoms with E-state index in [4.69, 9.17) is 13.9 Å². The molecular weight excluding hydrogens is 532 g/mol. The molecular formula is C31H33F2N3O5. The third-order valence-electron chi connectivity index (χ3n) is 8.48. The molecule has 2 heterocycles. The van der Waals surface area contributed by atoms with Gasteiger partial charge in [-0.15, -0.1) is 0 Å². The molecule has 6 rings (SSSR count). The third-order valence-corrected chi connectivity index (χ3v) is 8.48. The summed E-state index contributed by atoms with van der Waals surface area (Å²) in [5, 5.41) is 26.9. The fraction of sp³-hybridized carbons (Fsp3) is 0.484. The Hall–Kier alpha value is -3.52. The topological polar surface area (TPSA) is 117 Å². The number of aliphatic hydroxyl groups is 1. The quantitative estimate of drug-likeness (QED) is 0.305. The molecule has 0 radical (unpaired) electrons.